The third-order valence-corrected chi connectivity index (χ3v) is 10.8. The van der Waals surface area contributed by atoms with Gasteiger partial charge in [0.1, 0.15) is 6.04 Å². The van der Waals surface area contributed by atoms with E-state index in [0.717, 1.165) is 63.8 Å². The van der Waals surface area contributed by atoms with E-state index in [2.05, 4.69) is 62.9 Å². The van der Waals surface area contributed by atoms with Gasteiger partial charge in [0.2, 0.25) is 17.7 Å². The molecular weight excluding hydrogens is 576 g/mol. The summed E-state index contributed by atoms with van der Waals surface area (Å²) in [5.74, 6) is 0.866. The third-order valence-electron chi connectivity index (χ3n) is 10.8. The highest BCUT2D eigenvalue weighted by Gasteiger charge is 2.41. The summed E-state index contributed by atoms with van der Waals surface area (Å²) in [7, 11) is 0. The average molecular weight is 627 g/mol. The van der Waals surface area contributed by atoms with E-state index < -0.39 is 11.5 Å². The summed E-state index contributed by atoms with van der Waals surface area (Å²) in [5.41, 5.74) is 1.83. The summed E-state index contributed by atoms with van der Waals surface area (Å²) in [4.78, 5) is 45.4. The first-order chi connectivity index (χ1) is 22.5. The topological polar surface area (TPSA) is 91.0 Å². The second kappa shape index (κ2) is 15.4. The van der Waals surface area contributed by atoms with Gasteiger partial charge in [-0.2, -0.15) is 0 Å². The Morgan fingerprint density at radius 3 is 2.20 bits per heavy atom. The van der Waals surface area contributed by atoms with Crippen LogP contribution in [0.4, 0.5) is 0 Å². The molecule has 3 amide bonds. The molecule has 4 heterocycles. The molecule has 3 fully saturated rings. The molecule has 46 heavy (non-hydrogen) atoms. The van der Waals surface area contributed by atoms with Crippen molar-refractivity contribution in [2.45, 2.75) is 69.9 Å². The minimum atomic E-state index is -0.650. The first kappa shape index (κ1) is 32.5. The molecular formula is C38H50N4O4. The molecule has 0 aliphatic carbocycles. The molecule has 0 radical (unpaired) electrons. The molecule has 6 rings (SSSR count). The van der Waals surface area contributed by atoms with Gasteiger partial charge >= 0.3 is 0 Å². The second-order valence-corrected chi connectivity index (χ2v) is 13.9. The molecule has 0 unspecified atom stereocenters. The Hall–Kier alpha value is -3.49. The van der Waals surface area contributed by atoms with E-state index in [1.165, 1.54) is 5.56 Å². The Bertz CT molecular complexity index is 1330. The van der Waals surface area contributed by atoms with Crippen LogP contribution in [-0.4, -0.2) is 85.5 Å². The van der Waals surface area contributed by atoms with Crippen LogP contribution in [-0.2, 0) is 32.0 Å². The molecule has 3 saturated heterocycles. The van der Waals surface area contributed by atoms with Crippen LogP contribution >= 0.6 is 0 Å². The van der Waals surface area contributed by atoms with Crippen molar-refractivity contribution in [3.63, 3.8) is 0 Å². The number of hydrogen-bond acceptors (Lipinski definition) is 5. The summed E-state index contributed by atoms with van der Waals surface area (Å²) in [6.45, 7) is 4.72. The first-order valence-electron chi connectivity index (χ1n) is 17.4. The van der Waals surface area contributed by atoms with E-state index in [1.54, 1.807) is 0 Å². The number of likely N-dealkylation sites (tertiary alicyclic amines) is 2. The van der Waals surface area contributed by atoms with Gasteiger partial charge < -0.3 is 20.3 Å². The van der Waals surface area contributed by atoms with Crippen molar-refractivity contribution in [1.82, 2.24) is 20.4 Å². The maximum absolute atomic E-state index is 13.9. The van der Waals surface area contributed by atoms with Gasteiger partial charge in [-0.3, -0.25) is 19.3 Å². The highest BCUT2D eigenvalue weighted by Crippen LogP contribution is 2.36. The Morgan fingerprint density at radius 2 is 1.50 bits per heavy atom. The fourth-order valence-corrected chi connectivity index (χ4v) is 7.82. The van der Waals surface area contributed by atoms with Crippen molar-refractivity contribution in [3.05, 3.63) is 83.9 Å². The monoisotopic (exact) mass is 626 g/mol. The predicted molar refractivity (Wildman–Crippen MR) is 179 cm³/mol. The van der Waals surface area contributed by atoms with Crippen LogP contribution in [0.5, 0.6) is 0 Å². The third kappa shape index (κ3) is 8.26. The minimum Gasteiger partial charge on any atom is -0.381 e. The quantitative estimate of drug-likeness (QED) is 0.471. The lowest BCUT2D eigenvalue weighted by Gasteiger charge is -2.41. The van der Waals surface area contributed by atoms with E-state index in [4.69, 9.17) is 4.74 Å². The number of hydrogen-bond donors (Lipinski definition) is 2. The molecule has 246 valence electrons. The van der Waals surface area contributed by atoms with E-state index in [0.29, 0.717) is 51.4 Å². The van der Waals surface area contributed by atoms with Crippen molar-refractivity contribution < 1.29 is 19.1 Å². The van der Waals surface area contributed by atoms with E-state index in [9.17, 15) is 14.4 Å². The van der Waals surface area contributed by atoms with E-state index in [1.807, 2.05) is 30.3 Å². The molecule has 2 aromatic rings. The lowest BCUT2D eigenvalue weighted by atomic mass is 9.75. The SMILES string of the molecule is O=C1N[C@@H]2CCN(CC(=O)N3CCC(Cc4ccccc4)CC3)C[C@@H]2C/C=C/CC2(CCOCC2)C(=O)N[C@@H]1Cc1ccccc1. The second-order valence-electron chi connectivity index (χ2n) is 13.9. The lowest BCUT2D eigenvalue weighted by molar-refractivity contribution is -0.140. The van der Waals surface area contributed by atoms with Crippen LogP contribution in [0.25, 0.3) is 0 Å². The zero-order valence-electron chi connectivity index (χ0n) is 27.1. The lowest BCUT2D eigenvalue weighted by Crippen LogP contribution is -2.58. The maximum Gasteiger partial charge on any atom is 0.243 e. The van der Waals surface area contributed by atoms with Gasteiger partial charge in [-0.1, -0.05) is 72.8 Å². The molecule has 4 aliphatic rings. The number of amides is 3. The fourth-order valence-electron chi connectivity index (χ4n) is 7.82. The van der Waals surface area contributed by atoms with Gasteiger partial charge in [-0.15, -0.1) is 0 Å². The summed E-state index contributed by atoms with van der Waals surface area (Å²) in [5, 5.41) is 6.52. The van der Waals surface area contributed by atoms with Crippen LogP contribution in [0.3, 0.4) is 0 Å². The molecule has 3 atom stereocenters. The fraction of sp³-hybridized carbons (Fsp3) is 0.553. The van der Waals surface area contributed by atoms with Crippen LogP contribution in [0.15, 0.2) is 72.8 Å². The Balaban J connectivity index is 1.09. The number of carbonyl (C=O) groups excluding carboxylic acids is 3. The van der Waals surface area contributed by atoms with Crippen LogP contribution in [0.1, 0.15) is 56.1 Å². The van der Waals surface area contributed by atoms with Crippen LogP contribution < -0.4 is 10.6 Å². The highest BCUT2D eigenvalue weighted by molar-refractivity contribution is 5.90. The summed E-state index contributed by atoms with van der Waals surface area (Å²) in [6, 6.07) is 19.9. The summed E-state index contributed by atoms with van der Waals surface area (Å²) in [6.07, 6.45) is 11.5. The van der Waals surface area contributed by atoms with Crippen molar-refractivity contribution in [2.75, 3.05) is 45.9 Å². The zero-order chi connectivity index (χ0) is 31.8. The number of nitrogens with one attached hydrogen (secondary N) is 2. The molecule has 2 N–H and O–H groups in total. The summed E-state index contributed by atoms with van der Waals surface area (Å²) < 4.78 is 5.63. The number of piperidine rings is 2. The van der Waals surface area contributed by atoms with Gasteiger partial charge in [-0.05, 0) is 74.3 Å². The number of benzene rings is 2. The molecule has 8 heteroatoms. The molecule has 2 aromatic carbocycles. The van der Waals surface area contributed by atoms with E-state index >= 15 is 0 Å². The number of carbonyl (C=O) groups is 3. The number of allylic oxidation sites excluding steroid dienone is 2. The molecule has 8 nitrogen and oxygen atoms in total. The number of fused-ring (bicyclic) bond motifs is 1. The smallest absolute Gasteiger partial charge is 0.243 e. The Kier molecular flexibility index (Phi) is 10.9. The van der Waals surface area contributed by atoms with Crippen molar-refractivity contribution in [1.29, 1.82) is 0 Å². The molecule has 1 spiro atoms. The van der Waals surface area contributed by atoms with Crippen LogP contribution in [0.2, 0.25) is 0 Å². The van der Waals surface area contributed by atoms with Gasteiger partial charge in [0.05, 0.1) is 12.0 Å². The number of ether oxygens (including phenoxy) is 1. The Morgan fingerprint density at radius 1 is 0.826 bits per heavy atom. The molecule has 0 aromatic heterocycles. The van der Waals surface area contributed by atoms with Crippen molar-refractivity contribution in [2.24, 2.45) is 17.3 Å². The normalized spacial score (nSPS) is 27.0. The van der Waals surface area contributed by atoms with Gasteiger partial charge in [0.15, 0.2) is 0 Å². The predicted octanol–water partition coefficient (Wildman–Crippen LogP) is 4.15. The van der Waals surface area contributed by atoms with E-state index in [-0.39, 0.29) is 29.7 Å². The highest BCUT2D eigenvalue weighted by atomic mass is 16.5. The van der Waals surface area contributed by atoms with Crippen molar-refractivity contribution >= 4 is 17.7 Å². The first-order valence-corrected chi connectivity index (χ1v) is 17.4. The van der Waals surface area contributed by atoms with Gasteiger partial charge in [0, 0.05) is 51.9 Å². The Labute approximate surface area is 273 Å². The van der Waals surface area contributed by atoms with Crippen molar-refractivity contribution in [3.8, 4) is 0 Å². The van der Waals surface area contributed by atoms with Crippen LogP contribution in [0, 0.1) is 17.3 Å². The minimum absolute atomic E-state index is 0.0103. The molecule has 0 bridgehead atoms. The number of nitrogens with zero attached hydrogens (tertiary/aromatic N) is 2. The maximum atomic E-state index is 13.9. The largest absolute Gasteiger partial charge is 0.381 e. The average Bonchev–Trinajstić information content (AvgIpc) is 3.08. The van der Waals surface area contributed by atoms with Gasteiger partial charge in [-0.25, -0.2) is 0 Å². The number of rotatable bonds is 6. The standard InChI is InChI=1S/C38H50N4O4/c43-35(42-21-14-31(15-22-42)25-29-9-3-1-4-10-29)28-41-20-16-33-32(27-41)13-7-8-17-38(18-23-46-24-19-38)37(45)40-34(36(44)39-33)26-30-11-5-2-6-12-30/h1-12,31-34H,13-28H2,(H,39,44)(H,40,45)/b8-7+/t32-,33+,34+/m0/s1. The molecule has 4 aliphatic heterocycles. The summed E-state index contributed by atoms with van der Waals surface area (Å²) >= 11 is 0. The molecule has 0 saturated carbocycles. The van der Waals surface area contributed by atoms with Gasteiger partial charge in [0.25, 0.3) is 0 Å². The zero-order valence-corrected chi connectivity index (χ0v) is 27.1.